The highest BCUT2D eigenvalue weighted by molar-refractivity contribution is 7.17. The Labute approximate surface area is 308 Å². The molecule has 0 saturated carbocycles. The summed E-state index contributed by atoms with van der Waals surface area (Å²) < 4.78 is 4.67. The van der Waals surface area contributed by atoms with Crippen LogP contribution in [0.25, 0.3) is 98.3 Å². The van der Waals surface area contributed by atoms with Gasteiger partial charge < -0.3 is 4.57 Å². The Hall–Kier alpha value is -7.18. The molecule has 0 aliphatic rings. The third kappa shape index (κ3) is 4.20. The van der Waals surface area contributed by atoms with Crippen LogP contribution < -0.4 is 0 Å². The van der Waals surface area contributed by atoms with Gasteiger partial charge in [0.05, 0.1) is 45.3 Å². The van der Waals surface area contributed by atoms with Gasteiger partial charge in [0.25, 0.3) is 0 Å². The number of thiophene rings is 1. The first-order valence-corrected chi connectivity index (χ1v) is 18.4. The zero-order chi connectivity index (χ0) is 35.2. The SMILES string of the molecule is N#Cc1cc(-c2cccc(-c3cc4c5ccccc5n5c6sccc6c(c3)c45)c2)cc(C#N)c1-c1cccc(-n2c3ccccc3c3ccccc32)c1. The Balaban J connectivity index is 1.05. The van der Waals surface area contributed by atoms with Crippen molar-refractivity contribution in [2.75, 3.05) is 0 Å². The van der Waals surface area contributed by atoms with Gasteiger partial charge in [-0.3, -0.25) is 4.40 Å². The van der Waals surface area contributed by atoms with Gasteiger partial charge >= 0.3 is 0 Å². The first-order valence-electron chi connectivity index (χ1n) is 17.5. The zero-order valence-electron chi connectivity index (χ0n) is 28.2. The van der Waals surface area contributed by atoms with Crippen molar-refractivity contribution in [3.8, 4) is 51.2 Å². The van der Waals surface area contributed by atoms with Crippen LogP contribution in [0.4, 0.5) is 0 Å². The summed E-state index contributed by atoms with van der Waals surface area (Å²) >= 11 is 1.78. The van der Waals surface area contributed by atoms with Crippen molar-refractivity contribution in [2.24, 2.45) is 0 Å². The second-order valence-corrected chi connectivity index (χ2v) is 14.5. The van der Waals surface area contributed by atoms with Crippen LogP contribution in [0.5, 0.6) is 0 Å². The minimum absolute atomic E-state index is 0.469. The lowest BCUT2D eigenvalue weighted by Gasteiger charge is -2.14. The lowest BCUT2D eigenvalue weighted by atomic mass is 9.90. The molecule has 0 aliphatic heterocycles. The lowest BCUT2D eigenvalue weighted by Crippen LogP contribution is -1.96. The van der Waals surface area contributed by atoms with Crippen molar-refractivity contribution in [2.45, 2.75) is 0 Å². The molecule has 4 heterocycles. The molecule has 0 spiro atoms. The minimum Gasteiger partial charge on any atom is -0.309 e. The average molecular weight is 691 g/mol. The van der Waals surface area contributed by atoms with Gasteiger partial charge in [-0.15, -0.1) is 11.3 Å². The number of fused-ring (bicyclic) bond motifs is 9. The predicted molar refractivity (Wildman–Crippen MR) is 219 cm³/mol. The molecule has 4 nitrogen and oxygen atoms in total. The molecule has 0 N–H and O–H groups in total. The van der Waals surface area contributed by atoms with Crippen LogP contribution in [0.15, 0.2) is 157 Å². The molecule has 0 aliphatic carbocycles. The maximum atomic E-state index is 10.6. The molecule has 0 bridgehead atoms. The first-order chi connectivity index (χ1) is 26.2. The summed E-state index contributed by atoms with van der Waals surface area (Å²) in [7, 11) is 0. The van der Waals surface area contributed by atoms with E-state index in [0.717, 1.165) is 44.5 Å². The van der Waals surface area contributed by atoms with Gasteiger partial charge in [0.15, 0.2) is 0 Å². The largest absolute Gasteiger partial charge is 0.309 e. The Bertz CT molecular complexity index is 3290. The van der Waals surface area contributed by atoms with E-state index in [0.29, 0.717) is 16.7 Å². The molecule has 0 atom stereocenters. The second-order valence-electron chi connectivity index (χ2n) is 13.6. The molecule has 244 valence electrons. The van der Waals surface area contributed by atoms with E-state index in [9.17, 15) is 10.5 Å². The van der Waals surface area contributed by atoms with E-state index in [1.54, 1.807) is 11.3 Å². The molecule has 11 rings (SSSR count). The van der Waals surface area contributed by atoms with Crippen LogP contribution in [-0.2, 0) is 0 Å². The van der Waals surface area contributed by atoms with Gasteiger partial charge in [-0.25, -0.2) is 0 Å². The summed E-state index contributed by atoms with van der Waals surface area (Å²) in [5, 5.41) is 30.7. The van der Waals surface area contributed by atoms with Crippen molar-refractivity contribution in [1.29, 1.82) is 10.5 Å². The monoisotopic (exact) mass is 690 g/mol. The molecule has 11 aromatic rings. The van der Waals surface area contributed by atoms with Gasteiger partial charge in [0.1, 0.15) is 4.83 Å². The molecule has 0 unspecified atom stereocenters. The van der Waals surface area contributed by atoms with E-state index in [1.165, 1.54) is 48.2 Å². The highest BCUT2D eigenvalue weighted by Gasteiger charge is 2.21. The average Bonchev–Trinajstić information content (AvgIpc) is 3.98. The summed E-state index contributed by atoms with van der Waals surface area (Å²) in [6.45, 7) is 0. The van der Waals surface area contributed by atoms with Gasteiger partial charge in [-0.05, 0) is 99.9 Å². The third-order valence-corrected chi connectivity index (χ3v) is 11.7. The Morgan fingerprint density at radius 2 is 0.981 bits per heavy atom. The Kier molecular flexibility index (Phi) is 6.22. The number of nitriles is 2. The fourth-order valence-electron chi connectivity index (χ4n) is 8.54. The molecule has 0 fully saturated rings. The second kappa shape index (κ2) is 11.2. The highest BCUT2D eigenvalue weighted by atomic mass is 32.1. The minimum atomic E-state index is 0.469. The first kappa shape index (κ1) is 29.5. The van der Waals surface area contributed by atoms with E-state index in [-0.39, 0.29) is 0 Å². The van der Waals surface area contributed by atoms with Gasteiger partial charge in [-0.2, -0.15) is 10.5 Å². The van der Waals surface area contributed by atoms with E-state index in [1.807, 2.05) is 24.3 Å². The topological polar surface area (TPSA) is 56.9 Å². The number of rotatable bonds is 4. The third-order valence-electron chi connectivity index (χ3n) is 10.8. The van der Waals surface area contributed by atoms with Crippen molar-refractivity contribution in [1.82, 2.24) is 8.97 Å². The molecule has 5 heteroatoms. The van der Waals surface area contributed by atoms with Gasteiger partial charge in [-0.1, -0.05) is 84.9 Å². The van der Waals surface area contributed by atoms with E-state index in [2.05, 4.69) is 154 Å². The molecule has 53 heavy (non-hydrogen) atoms. The van der Waals surface area contributed by atoms with Crippen molar-refractivity contribution in [3.05, 3.63) is 168 Å². The van der Waals surface area contributed by atoms with Gasteiger partial charge in [0.2, 0.25) is 0 Å². The van der Waals surface area contributed by atoms with E-state index < -0.39 is 0 Å². The normalized spacial score (nSPS) is 11.7. The molecule has 4 aromatic heterocycles. The summed E-state index contributed by atoms with van der Waals surface area (Å²) in [6.07, 6.45) is 0. The predicted octanol–water partition coefficient (Wildman–Crippen LogP) is 12.7. The Morgan fingerprint density at radius 1 is 0.434 bits per heavy atom. The number of aromatic nitrogens is 2. The van der Waals surface area contributed by atoms with Gasteiger partial charge in [0, 0.05) is 43.6 Å². The maximum absolute atomic E-state index is 10.6. The van der Waals surface area contributed by atoms with Crippen molar-refractivity contribution in [3.63, 3.8) is 0 Å². The molecule has 0 amide bonds. The number of hydrogen-bond acceptors (Lipinski definition) is 3. The van der Waals surface area contributed by atoms with Crippen molar-refractivity contribution >= 4 is 70.6 Å². The van der Waals surface area contributed by atoms with Crippen LogP contribution in [0, 0.1) is 22.7 Å². The fraction of sp³-hybridized carbons (Fsp3) is 0. The molecule has 0 radical (unpaired) electrons. The van der Waals surface area contributed by atoms with Crippen LogP contribution in [0.2, 0.25) is 0 Å². The molecule has 7 aromatic carbocycles. The number of benzene rings is 7. The maximum Gasteiger partial charge on any atom is 0.108 e. The number of nitrogens with zero attached hydrogens (tertiary/aromatic N) is 4. The quantitative estimate of drug-likeness (QED) is 0.185. The van der Waals surface area contributed by atoms with Crippen LogP contribution >= 0.6 is 11.3 Å². The smallest absolute Gasteiger partial charge is 0.108 e. The molecular formula is C48H26N4S. The van der Waals surface area contributed by atoms with E-state index >= 15 is 0 Å². The van der Waals surface area contributed by atoms with E-state index in [4.69, 9.17) is 0 Å². The fourth-order valence-corrected chi connectivity index (χ4v) is 9.47. The lowest BCUT2D eigenvalue weighted by molar-refractivity contribution is 1.18. The summed E-state index contributed by atoms with van der Waals surface area (Å²) in [5.41, 5.74) is 12.1. The zero-order valence-corrected chi connectivity index (χ0v) is 29.0. The van der Waals surface area contributed by atoms with Crippen LogP contribution in [-0.4, -0.2) is 8.97 Å². The molecular weight excluding hydrogens is 665 g/mol. The number of hydrogen-bond donors (Lipinski definition) is 0. The standard InChI is InChI=1S/C48H26N4S/c49-27-34-22-32(23-35(28-50)46(34)31-11-8-12-36(24-31)51-43-16-4-1-13-37(43)38-14-2-5-17-44(38)51)29-9-7-10-30(21-29)33-25-41-39-15-3-6-18-45(39)52-47(41)42(26-33)40-19-20-53-48(40)52/h1-26H. The summed E-state index contributed by atoms with van der Waals surface area (Å²) in [5.74, 6) is 0. The number of para-hydroxylation sites is 3. The van der Waals surface area contributed by atoms with Crippen LogP contribution in [0.1, 0.15) is 11.1 Å². The van der Waals surface area contributed by atoms with Crippen molar-refractivity contribution < 1.29 is 0 Å². The van der Waals surface area contributed by atoms with Crippen LogP contribution in [0.3, 0.4) is 0 Å². The summed E-state index contributed by atoms with van der Waals surface area (Å²) in [4.78, 5) is 1.27. The molecule has 0 saturated heterocycles. The summed E-state index contributed by atoms with van der Waals surface area (Å²) in [6, 6.07) is 57.7. The Morgan fingerprint density at radius 3 is 1.64 bits per heavy atom. The highest BCUT2D eigenvalue weighted by Crippen LogP contribution is 2.44.